The molecule has 0 N–H and O–H groups in total. The molecule has 2 aromatic heterocycles. The minimum atomic E-state index is -0.810. The van der Waals surface area contributed by atoms with E-state index in [2.05, 4.69) is 4.99 Å². The molecule has 0 saturated heterocycles. The van der Waals surface area contributed by atoms with Crippen LogP contribution in [0.1, 0.15) is 62.3 Å². The van der Waals surface area contributed by atoms with E-state index in [9.17, 15) is 14.4 Å². The van der Waals surface area contributed by atoms with Crippen LogP contribution >= 0.6 is 11.3 Å². The quantitative estimate of drug-likeness (QED) is 0.212. The number of ether oxygens (including phenoxy) is 4. The molecular weight excluding hydrogens is 596 g/mol. The average molecular weight is 631 g/mol. The van der Waals surface area contributed by atoms with Gasteiger partial charge >= 0.3 is 11.9 Å². The summed E-state index contributed by atoms with van der Waals surface area (Å²) in [7, 11) is 0. The third kappa shape index (κ3) is 6.48. The van der Waals surface area contributed by atoms with Crippen LogP contribution in [0.25, 0.3) is 17.4 Å². The lowest BCUT2D eigenvalue weighted by atomic mass is 9.95. The van der Waals surface area contributed by atoms with Crippen LogP contribution in [0, 0.1) is 0 Å². The number of carbonyl (C=O) groups is 2. The Balaban J connectivity index is 1.60. The summed E-state index contributed by atoms with van der Waals surface area (Å²) >= 11 is 1.19. The van der Waals surface area contributed by atoms with Gasteiger partial charge in [0.05, 0.1) is 53.8 Å². The third-order valence-electron chi connectivity index (χ3n) is 6.96. The van der Waals surface area contributed by atoms with Gasteiger partial charge in [0.15, 0.2) is 16.3 Å². The fraction of sp³-hybridized carbons (Fsp3) is 0.294. The van der Waals surface area contributed by atoms with Gasteiger partial charge < -0.3 is 23.4 Å². The number of thiazole rings is 1. The SMILES string of the molecule is CCOC(=O)C1=C(C)N=c2s/c(=C\c3ccc(-c4cccc(C(=O)OCC)c4)o3)c(=O)n2[C@@H]1c1ccc(OCC)c(OCC)c1. The number of aromatic nitrogens is 1. The van der Waals surface area contributed by atoms with Gasteiger partial charge in [0.2, 0.25) is 0 Å². The van der Waals surface area contributed by atoms with Gasteiger partial charge in [-0.1, -0.05) is 29.5 Å². The highest BCUT2D eigenvalue weighted by molar-refractivity contribution is 7.07. The number of nitrogens with zero attached hydrogens (tertiary/aromatic N) is 2. The second-order valence-corrected chi connectivity index (χ2v) is 10.9. The molecule has 0 unspecified atom stereocenters. The highest BCUT2D eigenvalue weighted by atomic mass is 32.1. The summed E-state index contributed by atoms with van der Waals surface area (Å²) in [5, 5.41) is 0. The number of esters is 2. The summed E-state index contributed by atoms with van der Waals surface area (Å²) in [6.07, 6.45) is 1.65. The van der Waals surface area contributed by atoms with Crippen LogP contribution in [0.15, 0.2) is 80.1 Å². The van der Waals surface area contributed by atoms with Crippen molar-refractivity contribution in [2.75, 3.05) is 26.4 Å². The normalized spacial score (nSPS) is 14.5. The van der Waals surface area contributed by atoms with Crippen LogP contribution in [0.4, 0.5) is 0 Å². The third-order valence-corrected chi connectivity index (χ3v) is 7.94. The van der Waals surface area contributed by atoms with Crippen molar-refractivity contribution in [3.05, 3.63) is 102 Å². The molecule has 0 radical (unpaired) electrons. The molecule has 3 heterocycles. The Kier molecular flexibility index (Phi) is 9.68. The topological polar surface area (TPSA) is 119 Å². The molecule has 4 aromatic rings. The van der Waals surface area contributed by atoms with Gasteiger partial charge in [-0.2, -0.15) is 0 Å². The van der Waals surface area contributed by atoms with E-state index in [0.717, 1.165) is 0 Å². The molecule has 0 aliphatic carbocycles. The van der Waals surface area contributed by atoms with Crippen molar-refractivity contribution >= 4 is 29.4 Å². The van der Waals surface area contributed by atoms with Gasteiger partial charge in [-0.05, 0) is 76.6 Å². The van der Waals surface area contributed by atoms with Crippen molar-refractivity contribution in [2.24, 2.45) is 4.99 Å². The first-order valence-corrected chi connectivity index (χ1v) is 15.6. The van der Waals surface area contributed by atoms with Crippen LogP contribution in [-0.2, 0) is 14.3 Å². The second kappa shape index (κ2) is 13.8. The Morgan fingerprint density at radius 1 is 0.911 bits per heavy atom. The molecule has 0 saturated carbocycles. The lowest BCUT2D eigenvalue weighted by Gasteiger charge is -2.25. The van der Waals surface area contributed by atoms with Crippen molar-refractivity contribution in [3.63, 3.8) is 0 Å². The summed E-state index contributed by atoms with van der Waals surface area (Å²) in [5.41, 5.74) is 2.14. The molecular formula is C34H34N2O8S. The maximum absolute atomic E-state index is 14.0. The standard InChI is InChI=1S/C34H34N2O8S/c1-6-40-26-15-13-22(18-27(26)41-7-2)30-29(33(39)43-9-4)20(5)35-34-36(30)31(37)28(45-34)19-24-14-16-25(44-24)21-11-10-12-23(17-21)32(38)42-8-3/h10-19,30H,6-9H2,1-5H3/b28-19-/t30-/m1/s1. The first-order chi connectivity index (χ1) is 21.8. The van der Waals surface area contributed by atoms with Crippen molar-refractivity contribution < 1.29 is 33.0 Å². The Hall–Kier alpha value is -4.90. The van der Waals surface area contributed by atoms with E-state index in [1.807, 2.05) is 26.0 Å². The lowest BCUT2D eigenvalue weighted by molar-refractivity contribution is -0.139. The maximum Gasteiger partial charge on any atom is 0.338 e. The molecule has 1 aliphatic rings. The Labute approximate surface area is 263 Å². The average Bonchev–Trinajstić information content (AvgIpc) is 3.62. The number of hydrogen-bond donors (Lipinski definition) is 0. The minimum Gasteiger partial charge on any atom is -0.490 e. The number of rotatable bonds is 11. The summed E-state index contributed by atoms with van der Waals surface area (Å²) < 4.78 is 30.1. The van der Waals surface area contributed by atoms with Crippen molar-refractivity contribution in [3.8, 4) is 22.8 Å². The van der Waals surface area contributed by atoms with E-state index in [-0.39, 0.29) is 24.3 Å². The molecule has 11 heteroatoms. The Bertz CT molecular complexity index is 1950. The van der Waals surface area contributed by atoms with Crippen LogP contribution in [0.3, 0.4) is 0 Å². The molecule has 10 nitrogen and oxygen atoms in total. The second-order valence-electron chi connectivity index (χ2n) is 9.88. The van der Waals surface area contributed by atoms with Gasteiger partial charge in [-0.3, -0.25) is 9.36 Å². The van der Waals surface area contributed by atoms with Crippen LogP contribution < -0.4 is 24.4 Å². The first kappa shape index (κ1) is 31.5. The Morgan fingerprint density at radius 3 is 2.38 bits per heavy atom. The highest BCUT2D eigenvalue weighted by Crippen LogP contribution is 2.36. The molecule has 1 atom stereocenters. The van der Waals surface area contributed by atoms with E-state index in [0.29, 0.717) is 68.0 Å². The maximum atomic E-state index is 14.0. The van der Waals surface area contributed by atoms with Gasteiger partial charge in [-0.15, -0.1) is 0 Å². The van der Waals surface area contributed by atoms with Crippen LogP contribution in [0.2, 0.25) is 0 Å². The monoisotopic (exact) mass is 630 g/mol. The molecule has 0 fully saturated rings. The van der Waals surface area contributed by atoms with E-state index >= 15 is 0 Å². The van der Waals surface area contributed by atoms with Crippen molar-refractivity contribution in [1.29, 1.82) is 0 Å². The first-order valence-electron chi connectivity index (χ1n) is 14.8. The predicted molar refractivity (Wildman–Crippen MR) is 169 cm³/mol. The van der Waals surface area contributed by atoms with Crippen molar-refractivity contribution in [2.45, 2.75) is 40.7 Å². The molecule has 1 aliphatic heterocycles. The number of fused-ring (bicyclic) bond motifs is 1. The summed E-state index contributed by atoms with van der Waals surface area (Å²) in [6.45, 7) is 10.3. The van der Waals surface area contributed by atoms with E-state index < -0.39 is 18.0 Å². The van der Waals surface area contributed by atoms with Crippen LogP contribution in [-0.4, -0.2) is 42.9 Å². The number of furan rings is 1. The summed E-state index contributed by atoms with van der Waals surface area (Å²) in [5.74, 6) is 1.07. The zero-order chi connectivity index (χ0) is 32.1. The fourth-order valence-corrected chi connectivity index (χ4v) is 6.10. The molecule has 0 bridgehead atoms. The van der Waals surface area contributed by atoms with E-state index in [1.165, 1.54) is 15.9 Å². The number of allylic oxidation sites excluding steroid dienone is 1. The lowest BCUT2D eigenvalue weighted by Crippen LogP contribution is -2.40. The minimum absolute atomic E-state index is 0.170. The smallest absolute Gasteiger partial charge is 0.338 e. The highest BCUT2D eigenvalue weighted by Gasteiger charge is 2.34. The fourth-order valence-electron chi connectivity index (χ4n) is 5.07. The van der Waals surface area contributed by atoms with E-state index in [1.54, 1.807) is 69.3 Å². The zero-order valence-corrected chi connectivity index (χ0v) is 26.6. The van der Waals surface area contributed by atoms with Gasteiger partial charge in [-0.25, -0.2) is 14.6 Å². The molecule has 45 heavy (non-hydrogen) atoms. The van der Waals surface area contributed by atoms with Gasteiger partial charge in [0.1, 0.15) is 11.5 Å². The number of carbonyl (C=O) groups excluding carboxylic acids is 2. The zero-order valence-electron chi connectivity index (χ0n) is 25.7. The largest absolute Gasteiger partial charge is 0.490 e. The molecule has 234 valence electrons. The van der Waals surface area contributed by atoms with Gasteiger partial charge in [0, 0.05) is 11.6 Å². The summed E-state index contributed by atoms with van der Waals surface area (Å²) in [6, 6.07) is 15.0. The van der Waals surface area contributed by atoms with E-state index in [4.69, 9.17) is 23.4 Å². The number of benzene rings is 2. The number of hydrogen-bond acceptors (Lipinski definition) is 10. The molecule has 5 rings (SSSR count). The van der Waals surface area contributed by atoms with Gasteiger partial charge in [0.25, 0.3) is 5.56 Å². The Morgan fingerprint density at radius 2 is 1.64 bits per heavy atom. The molecule has 0 amide bonds. The predicted octanol–water partition coefficient (Wildman–Crippen LogP) is 5.03. The molecule has 2 aromatic carbocycles. The summed E-state index contributed by atoms with van der Waals surface area (Å²) in [4.78, 5) is 44.6. The molecule has 0 spiro atoms. The van der Waals surface area contributed by atoms with Crippen LogP contribution in [0.5, 0.6) is 11.5 Å². The van der Waals surface area contributed by atoms with Crippen molar-refractivity contribution in [1.82, 2.24) is 4.57 Å².